The number of rotatable bonds is 1. The molecular weight excluding hydrogens is 219 g/mol. The molecule has 1 aromatic rings. The Morgan fingerprint density at radius 3 is 2.25 bits per heavy atom. The maximum absolute atomic E-state index is 6.32. The number of hydrogen-bond acceptors (Lipinski definition) is 2. The molecule has 0 aliphatic carbocycles. The zero-order chi connectivity index (χ0) is 11.3. The first-order chi connectivity index (χ1) is 7.65. The van der Waals surface area contributed by atoms with Gasteiger partial charge in [-0.25, -0.2) is 0 Å². The van der Waals surface area contributed by atoms with Crippen LogP contribution in [0.15, 0.2) is 35.9 Å². The summed E-state index contributed by atoms with van der Waals surface area (Å²) in [5, 5.41) is 0. The van der Waals surface area contributed by atoms with Gasteiger partial charge in [0.1, 0.15) is 0 Å². The van der Waals surface area contributed by atoms with Crippen molar-refractivity contribution >= 4 is 7.06 Å². The zero-order valence-corrected chi connectivity index (χ0v) is 10.7. The van der Waals surface area contributed by atoms with Crippen molar-refractivity contribution in [1.29, 1.82) is 0 Å². The van der Waals surface area contributed by atoms with Crippen LogP contribution >= 0.6 is 7.06 Å². The SMILES string of the molecule is CCP12(CC=C(C)C1)Oc1ccccc1O2. The molecule has 0 N–H and O–H groups in total. The minimum atomic E-state index is -2.43. The molecule has 2 aliphatic heterocycles. The Hall–Kier alpha value is -1.01. The van der Waals surface area contributed by atoms with Gasteiger partial charge in [-0.05, 0) is 0 Å². The van der Waals surface area contributed by atoms with Crippen molar-refractivity contribution in [1.82, 2.24) is 0 Å². The average molecular weight is 236 g/mol. The third-order valence-electron chi connectivity index (χ3n) is 3.66. The molecule has 0 fully saturated rings. The first-order valence-corrected chi connectivity index (χ1v) is 8.43. The Bertz CT molecular complexity index is 454. The van der Waals surface area contributed by atoms with Crippen LogP contribution in [0.2, 0.25) is 0 Å². The van der Waals surface area contributed by atoms with Crippen LogP contribution < -0.4 is 9.05 Å². The second-order valence-electron chi connectivity index (χ2n) is 4.86. The Morgan fingerprint density at radius 1 is 1.19 bits per heavy atom. The summed E-state index contributed by atoms with van der Waals surface area (Å²) in [5.74, 6) is 1.87. The molecule has 3 rings (SSSR count). The Balaban J connectivity index is 2.04. The third-order valence-corrected chi connectivity index (χ3v) is 8.59. The molecule has 0 saturated carbocycles. The topological polar surface area (TPSA) is 18.5 Å². The normalized spacial score (nSPS) is 26.1. The average Bonchev–Trinajstić information content (AvgIpc) is 2.79. The number of para-hydroxylation sites is 2. The predicted octanol–water partition coefficient (Wildman–Crippen LogP) is 3.82. The molecule has 0 bridgehead atoms. The van der Waals surface area contributed by atoms with E-state index < -0.39 is 7.06 Å². The number of fused-ring (bicyclic) bond motifs is 1. The van der Waals surface area contributed by atoms with E-state index in [0.717, 1.165) is 30.0 Å². The summed E-state index contributed by atoms with van der Waals surface area (Å²) in [6.07, 6.45) is 5.25. The molecule has 16 heavy (non-hydrogen) atoms. The van der Waals surface area contributed by atoms with Gasteiger partial charge in [-0.1, -0.05) is 0 Å². The van der Waals surface area contributed by atoms with Gasteiger partial charge >= 0.3 is 95.9 Å². The molecule has 1 aromatic carbocycles. The second kappa shape index (κ2) is 3.01. The number of allylic oxidation sites excluding steroid dienone is 2. The van der Waals surface area contributed by atoms with Crippen LogP contribution in [0.1, 0.15) is 13.8 Å². The summed E-state index contributed by atoms with van der Waals surface area (Å²) < 4.78 is 12.6. The molecular formula is C13H17O2P. The van der Waals surface area contributed by atoms with E-state index in [-0.39, 0.29) is 0 Å². The van der Waals surface area contributed by atoms with Crippen LogP contribution in [0.5, 0.6) is 11.5 Å². The van der Waals surface area contributed by atoms with Gasteiger partial charge in [0.15, 0.2) is 0 Å². The van der Waals surface area contributed by atoms with E-state index in [1.165, 1.54) is 5.57 Å². The van der Waals surface area contributed by atoms with Gasteiger partial charge in [-0.2, -0.15) is 0 Å². The zero-order valence-electron chi connectivity index (χ0n) is 9.77. The molecule has 86 valence electrons. The third kappa shape index (κ3) is 1.23. The van der Waals surface area contributed by atoms with Crippen molar-refractivity contribution in [2.24, 2.45) is 0 Å². The van der Waals surface area contributed by atoms with Crippen LogP contribution in [-0.2, 0) is 0 Å². The van der Waals surface area contributed by atoms with Gasteiger partial charge in [0.05, 0.1) is 0 Å². The summed E-state index contributed by atoms with van der Waals surface area (Å²) in [6.45, 7) is 4.36. The van der Waals surface area contributed by atoms with Crippen LogP contribution in [0, 0.1) is 0 Å². The van der Waals surface area contributed by atoms with Crippen molar-refractivity contribution in [3.63, 3.8) is 0 Å². The fourth-order valence-electron chi connectivity index (χ4n) is 2.67. The van der Waals surface area contributed by atoms with E-state index >= 15 is 0 Å². The van der Waals surface area contributed by atoms with Crippen molar-refractivity contribution in [3.05, 3.63) is 35.9 Å². The minimum absolute atomic E-state index is 0.935. The van der Waals surface area contributed by atoms with Crippen LogP contribution in [-0.4, -0.2) is 18.5 Å². The molecule has 0 amide bonds. The van der Waals surface area contributed by atoms with Crippen molar-refractivity contribution in [2.75, 3.05) is 18.5 Å². The van der Waals surface area contributed by atoms with E-state index in [9.17, 15) is 0 Å². The van der Waals surface area contributed by atoms with Crippen LogP contribution in [0.4, 0.5) is 0 Å². The van der Waals surface area contributed by atoms with Gasteiger partial charge in [-0.15, -0.1) is 0 Å². The van der Waals surface area contributed by atoms with Crippen molar-refractivity contribution < 1.29 is 9.05 Å². The van der Waals surface area contributed by atoms with Gasteiger partial charge < -0.3 is 0 Å². The first-order valence-electron chi connectivity index (χ1n) is 5.81. The van der Waals surface area contributed by atoms with Crippen LogP contribution in [0.25, 0.3) is 0 Å². The van der Waals surface area contributed by atoms with Crippen molar-refractivity contribution in [3.8, 4) is 11.5 Å². The Kier molecular flexibility index (Phi) is 1.91. The van der Waals surface area contributed by atoms with E-state index in [4.69, 9.17) is 9.05 Å². The van der Waals surface area contributed by atoms with E-state index in [2.05, 4.69) is 19.9 Å². The molecule has 0 radical (unpaired) electrons. The second-order valence-corrected chi connectivity index (χ2v) is 9.58. The fraction of sp³-hybridized carbons (Fsp3) is 0.385. The molecule has 2 heterocycles. The summed E-state index contributed by atoms with van der Waals surface area (Å²) in [5.41, 5.74) is 1.41. The van der Waals surface area contributed by atoms with E-state index in [1.807, 2.05) is 24.3 Å². The summed E-state index contributed by atoms with van der Waals surface area (Å²) in [7, 11) is -2.43. The standard InChI is InChI=1S/C13H17O2P/c1-3-16(9-8-11(2)10-16)14-12-6-4-5-7-13(12)15-16/h4-8H,3,9-10H2,1-2H3. The molecule has 2 aliphatic rings. The quantitative estimate of drug-likeness (QED) is 0.545. The Labute approximate surface area is 96.4 Å². The number of benzene rings is 1. The Morgan fingerprint density at radius 2 is 1.81 bits per heavy atom. The molecule has 1 spiro atoms. The molecule has 2 nitrogen and oxygen atoms in total. The summed E-state index contributed by atoms with van der Waals surface area (Å²) >= 11 is 0. The first kappa shape index (κ1) is 10.2. The molecule has 3 heteroatoms. The summed E-state index contributed by atoms with van der Waals surface area (Å²) in [6, 6.07) is 8.04. The molecule has 0 aromatic heterocycles. The van der Waals surface area contributed by atoms with Gasteiger partial charge in [0.2, 0.25) is 0 Å². The van der Waals surface area contributed by atoms with Gasteiger partial charge in [0, 0.05) is 0 Å². The monoisotopic (exact) mass is 236 g/mol. The van der Waals surface area contributed by atoms with Gasteiger partial charge in [0.25, 0.3) is 0 Å². The number of hydrogen-bond donors (Lipinski definition) is 0. The molecule has 0 atom stereocenters. The molecule has 0 unspecified atom stereocenters. The fourth-order valence-corrected chi connectivity index (χ4v) is 7.11. The maximum atomic E-state index is 6.32. The van der Waals surface area contributed by atoms with Crippen molar-refractivity contribution in [2.45, 2.75) is 13.8 Å². The summed E-state index contributed by atoms with van der Waals surface area (Å²) in [4.78, 5) is 0. The van der Waals surface area contributed by atoms with Gasteiger partial charge in [-0.3, -0.25) is 0 Å². The predicted molar refractivity (Wildman–Crippen MR) is 68.7 cm³/mol. The molecule has 0 saturated heterocycles. The van der Waals surface area contributed by atoms with E-state index in [0.29, 0.717) is 0 Å². The van der Waals surface area contributed by atoms with E-state index in [1.54, 1.807) is 0 Å². The van der Waals surface area contributed by atoms with Crippen LogP contribution in [0.3, 0.4) is 0 Å².